The van der Waals surface area contributed by atoms with Gasteiger partial charge in [0.15, 0.2) is 11.5 Å². The molecule has 1 aliphatic carbocycles. The summed E-state index contributed by atoms with van der Waals surface area (Å²) in [6.45, 7) is 3.19. The summed E-state index contributed by atoms with van der Waals surface area (Å²) in [6, 6.07) is 9.07. The lowest BCUT2D eigenvalue weighted by atomic mass is 9.83. The fourth-order valence-corrected chi connectivity index (χ4v) is 7.32. The third kappa shape index (κ3) is 9.33. The molecular weight excluding hydrogens is 652 g/mol. The quantitative estimate of drug-likeness (QED) is 0.115. The van der Waals surface area contributed by atoms with E-state index in [1.165, 1.54) is 19.3 Å². The van der Waals surface area contributed by atoms with Crippen LogP contribution in [0, 0.1) is 11.8 Å². The van der Waals surface area contributed by atoms with Crippen LogP contribution in [0.5, 0.6) is 0 Å². The van der Waals surface area contributed by atoms with E-state index in [-0.39, 0.29) is 48.4 Å². The van der Waals surface area contributed by atoms with Crippen LogP contribution in [0.15, 0.2) is 59.5 Å². The van der Waals surface area contributed by atoms with Crippen molar-refractivity contribution in [3.63, 3.8) is 0 Å². The van der Waals surface area contributed by atoms with Gasteiger partial charge in [0.05, 0.1) is 37.2 Å². The first-order chi connectivity index (χ1) is 24.7. The highest BCUT2D eigenvalue weighted by atomic mass is 16.5. The Labute approximate surface area is 296 Å². The number of amides is 3. The Morgan fingerprint density at radius 1 is 0.980 bits per heavy atom. The van der Waals surface area contributed by atoms with Crippen LogP contribution in [-0.2, 0) is 32.0 Å². The molecule has 4 atom stereocenters. The third-order valence-electron chi connectivity index (χ3n) is 10.2. The Morgan fingerprint density at radius 2 is 1.76 bits per heavy atom. The summed E-state index contributed by atoms with van der Waals surface area (Å²) in [5.41, 5.74) is 2.39. The molecule has 1 saturated carbocycles. The maximum Gasteiger partial charge on any atom is 0.243 e. The molecule has 2 fully saturated rings. The van der Waals surface area contributed by atoms with Crippen molar-refractivity contribution < 1.29 is 33.4 Å². The molecular formula is C38H48N6O7. The number of fused-ring (bicyclic) bond motifs is 1. The number of ketones is 1. The number of para-hydroxylation sites is 1. The first-order valence-corrected chi connectivity index (χ1v) is 18.0. The molecule has 13 heteroatoms. The molecule has 1 aliphatic heterocycles. The number of hydrogen-bond donors (Lipinski definition) is 5. The van der Waals surface area contributed by atoms with Gasteiger partial charge in [0, 0.05) is 56.2 Å². The number of Topliss-reactive ketones (excluding diaryl/α,β-unsaturated/α-hetero) is 1. The first-order valence-electron chi connectivity index (χ1n) is 18.0. The summed E-state index contributed by atoms with van der Waals surface area (Å²) in [5.74, 6) is -1.51. The number of benzene rings is 1. The molecule has 0 bridgehead atoms. The molecule has 4 aromatic rings. The maximum absolute atomic E-state index is 14.3. The zero-order chi connectivity index (χ0) is 35.7. The second kappa shape index (κ2) is 17.0. The minimum Gasteiger partial charge on any atom is -0.455 e. The highest BCUT2D eigenvalue weighted by molar-refractivity contribution is 5.92. The molecule has 6 rings (SSSR count). The molecule has 0 spiro atoms. The van der Waals surface area contributed by atoms with E-state index in [1.807, 2.05) is 30.5 Å². The van der Waals surface area contributed by atoms with Gasteiger partial charge in [0.2, 0.25) is 17.7 Å². The number of nitrogens with one attached hydrogen (secondary N) is 4. The molecule has 2 aliphatic rings. The van der Waals surface area contributed by atoms with Crippen LogP contribution in [-0.4, -0.2) is 86.9 Å². The molecule has 0 radical (unpaired) electrons. The van der Waals surface area contributed by atoms with Crippen LogP contribution in [0.1, 0.15) is 85.5 Å². The zero-order valence-electron chi connectivity index (χ0n) is 29.1. The highest BCUT2D eigenvalue weighted by Crippen LogP contribution is 2.32. The lowest BCUT2D eigenvalue weighted by molar-refractivity contribution is -0.140. The van der Waals surface area contributed by atoms with Gasteiger partial charge in [-0.25, -0.2) is 4.98 Å². The molecule has 3 amide bonds. The number of hydrogen-bond acceptors (Lipinski definition) is 8. The molecule has 13 nitrogen and oxygen atoms in total. The molecule has 272 valence electrons. The van der Waals surface area contributed by atoms with Crippen molar-refractivity contribution in [1.29, 1.82) is 0 Å². The molecule has 4 heterocycles. The van der Waals surface area contributed by atoms with Crippen molar-refractivity contribution in [3.05, 3.63) is 77.9 Å². The minimum absolute atomic E-state index is 0.0396. The minimum atomic E-state index is -1.22. The summed E-state index contributed by atoms with van der Waals surface area (Å²) < 4.78 is 11.1. The predicted molar refractivity (Wildman–Crippen MR) is 189 cm³/mol. The number of aliphatic hydroxyl groups is 1. The fourth-order valence-electron chi connectivity index (χ4n) is 7.32. The number of aromatic nitrogens is 3. The lowest BCUT2D eigenvalue weighted by Crippen LogP contribution is -2.54. The Bertz CT molecular complexity index is 1770. The number of imidazole rings is 1. The second-order valence-electron chi connectivity index (χ2n) is 13.8. The van der Waals surface area contributed by atoms with Crippen molar-refractivity contribution >= 4 is 34.4 Å². The largest absolute Gasteiger partial charge is 0.455 e. The summed E-state index contributed by atoms with van der Waals surface area (Å²) in [6.07, 6.45) is 9.92. The van der Waals surface area contributed by atoms with Crippen molar-refractivity contribution in [2.75, 3.05) is 26.3 Å². The topological polar surface area (TPSA) is 183 Å². The van der Waals surface area contributed by atoms with Crippen molar-refractivity contribution in [1.82, 2.24) is 30.5 Å². The number of nitrogens with zero attached hydrogens (tertiary/aromatic N) is 2. The van der Waals surface area contributed by atoms with Crippen molar-refractivity contribution in [3.8, 4) is 0 Å². The van der Waals surface area contributed by atoms with Crippen LogP contribution < -0.4 is 10.6 Å². The summed E-state index contributed by atoms with van der Waals surface area (Å²) in [4.78, 5) is 66.1. The second-order valence-corrected chi connectivity index (χ2v) is 13.8. The standard InChI is InChI=1S/C38H48N6O7/c1-24(45)33-11-12-34(51-33)36(47)31(17-25-7-3-2-4-8-25)42-38(49)32(20-28-22-39-23-41-28)43-37(48)26(19-35(46)44-13-15-50-16-14-44)18-27-21-40-30-10-6-5-9-29(27)30/h5-6,9-12,21-23,25-26,31-32,36,40,47H,2-4,7-8,13-20H2,1H3,(H,39,41)(H,42,49)(H,43,48)/t26-,31+,32+,36-/m1/s1. The Hall–Kier alpha value is -4.75. The summed E-state index contributed by atoms with van der Waals surface area (Å²) >= 11 is 0. The van der Waals surface area contributed by atoms with E-state index in [1.54, 1.807) is 17.2 Å². The monoisotopic (exact) mass is 700 g/mol. The third-order valence-corrected chi connectivity index (χ3v) is 10.2. The average Bonchev–Trinajstić information content (AvgIpc) is 3.94. The summed E-state index contributed by atoms with van der Waals surface area (Å²) in [7, 11) is 0. The Morgan fingerprint density at radius 3 is 2.49 bits per heavy atom. The van der Waals surface area contributed by atoms with E-state index in [4.69, 9.17) is 9.15 Å². The van der Waals surface area contributed by atoms with Crippen LogP contribution in [0.25, 0.3) is 10.9 Å². The smallest absolute Gasteiger partial charge is 0.243 e. The van der Waals surface area contributed by atoms with Gasteiger partial charge >= 0.3 is 0 Å². The van der Waals surface area contributed by atoms with Gasteiger partial charge in [0.1, 0.15) is 17.9 Å². The number of carbonyl (C=O) groups is 4. The van der Waals surface area contributed by atoms with Crippen molar-refractivity contribution in [2.24, 2.45) is 11.8 Å². The van der Waals surface area contributed by atoms with Crippen LogP contribution >= 0.6 is 0 Å². The molecule has 1 saturated heterocycles. The van der Waals surface area contributed by atoms with Crippen molar-refractivity contribution in [2.45, 2.75) is 82.9 Å². The Balaban J connectivity index is 1.24. The van der Waals surface area contributed by atoms with Gasteiger partial charge in [-0.15, -0.1) is 0 Å². The van der Waals surface area contributed by atoms with E-state index in [9.17, 15) is 24.3 Å². The van der Waals surface area contributed by atoms with Crippen LogP contribution in [0.4, 0.5) is 0 Å². The van der Waals surface area contributed by atoms with Gasteiger partial charge in [-0.2, -0.15) is 0 Å². The number of carbonyl (C=O) groups excluding carboxylic acids is 4. The molecule has 0 unspecified atom stereocenters. The zero-order valence-corrected chi connectivity index (χ0v) is 29.1. The van der Waals surface area contributed by atoms with E-state index in [0.717, 1.165) is 48.6 Å². The number of aromatic amines is 2. The van der Waals surface area contributed by atoms with E-state index >= 15 is 0 Å². The van der Waals surface area contributed by atoms with Crippen LogP contribution in [0.3, 0.4) is 0 Å². The van der Waals surface area contributed by atoms with Gasteiger partial charge < -0.3 is 39.8 Å². The highest BCUT2D eigenvalue weighted by Gasteiger charge is 2.34. The van der Waals surface area contributed by atoms with Gasteiger partial charge in [-0.05, 0) is 42.5 Å². The summed E-state index contributed by atoms with van der Waals surface area (Å²) in [5, 5.41) is 18.5. The lowest BCUT2D eigenvalue weighted by Gasteiger charge is -2.31. The van der Waals surface area contributed by atoms with Gasteiger partial charge in [-0.1, -0.05) is 50.3 Å². The van der Waals surface area contributed by atoms with E-state index in [2.05, 4.69) is 25.6 Å². The Kier molecular flexibility index (Phi) is 12.0. The SMILES string of the molecule is CC(=O)c1ccc([C@H](O)[C@H](CC2CCCCC2)NC(=O)[C@H](Cc2c[nH]cn2)NC(=O)[C@@H](CC(=O)N2CCOCC2)Cc2c[nH]c3ccccc23)o1. The van der Waals surface area contributed by atoms with Crippen LogP contribution in [0.2, 0.25) is 0 Å². The van der Waals surface area contributed by atoms with E-state index in [0.29, 0.717) is 38.4 Å². The van der Waals surface area contributed by atoms with Gasteiger partial charge in [0.25, 0.3) is 0 Å². The number of aliphatic hydroxyl groups excluding tert-OH is 1. The number of morpholine rings is 1. The number of rotatable bonds is 15. The average molecular weight is 701 g/mol. The number of ether oxygens (including phenoxy) is 1. The van der Waals surface area contributed by atoms with Gasteiger partial charge in [-0.3, -0.25) is 19.2 Å². The molecule has 5 N–H and O–H groups in total. The number of H-pyrrole nitrogens is 2. The molecule has 51 heavy (non-hydrogen) atoms. The fraction of sp³-hybridized carbons (Fsp3) is 0.500. The maximum atomic E-state index is 14.3. The van der Waals surface area contributed by atoms with E-state index < -0.39 is 35.9 Å². The predicted octanol–water partition coefficient (Wildman–Crippen LogP) is 4.01. The first kappa shape index (κ1) is 36.1. The number of furan rings is 1. The molecule has 3 aromatic heterocycles. The normalized spacial score (nSPS) is 17.8. The molecule has 1 aromatic carbocycles.